The summed E-state index contributed by atoms with van der Waals surface area (Å²) >= 11 is 0. The van der Waals surface area contributed by atoms with Gasteiger partial charge in [0, 0.05) is 16.5 Å². The van der Waals surface area contributed by atoms with Gasteiger partial charge in [0.05, 0.1) is 80.2 Å². The molecule has 0 bridgehead atoms. The van der Waals surface area contributed by atoms with Gasteiger partial charge in [-0.3, -0.25) is 9.59 Å². The Kier molecular flexibility index (Phi) is 9.24. The Hall–Kier alpha value is -9.34. The maximum absolute atomic E-state index is 15.5. The van der Waals surface area contributed by atoms with Crippen LogP contribution in [0.25, 0.3) is 61.6 Å². The minimum atomic E-state index is -0.480. The third-order valence-corrected chi connectivity index (χ3v) is 11.7. The molecule has 0 fully saturated rings. The minimum Gasteiger partial charge on any atom is -0.309 e. The fraction of sp³-hybridized carbons (Fsp3) is 0.0182. The van der Waals surface area contributed by atoms with Crippen molar-refractivity contribution < 1.29 is 9.59 Å². The van der Waals surface area contributed by atoms with Crippen molar-refractivity contribution in [1.82, 2.24) is 4.57 Å². The molecule has 63 heavy (non-hydrogen) atoms. The number of para-hydroxylation sites is 1. The van der Waals surface area contributed by atoms with E-state index in [4.69, 9.17) is 0 Å². The van der Waals surface area contributed by atoms with E-state index in [1.807, 2.05) is 126 Å². The lowest BCUT2D eigenvalue weighted by atomic mass is 9.95. The largest absolute Gasteiger partial charge is 0.309 e. The predicted octanol–water partition coefficient (Wildman–Crippen LogP) is 11.6. The molecule has 0 saturated carbocycles. The van der Waals surface area contributed by atoms with Crippen LogP contribution in [0.5, 0.6) is 0 Å². The zero-order valence-corrected chi connectivity index (χ0v) is 33.4. The molecule has 8 aromatic rings. The van der Waals surface area contributed by atoms with Gasteiger partial charge in [0.25, 0.3) is 11.8 Å². The lowest BCUT2D eigenvalue weighted by molar-refractivity contribution is 0.0926. The van der Waals surface area contributed by atoms with Gasteiger partial charge in [-0.1, -0.05) is 121 Å². The van der Waals surface area contributed by atoms with Crippen LogP contribution in [-0.4, -0.2) is 16.4 Å². The van der Waals surface area contributed by atoms with Crippen LogP contribution in [0.15, 0.2) is 164 Å². The number of nitriles is 4. The number of rotatable bonds is 6. The third kappa shape index (κ3) is 6.20. The number of carbonyl (C=O) groups is 2. The summed E-state index contributed by atoms with van der Waals surface area (Å²) in [7, 11) is 0. The lowest BCUT2D eigenvalue weighted by Gasteiger charge is -2.23. The molecule has 2 heterocycles. The highest BCUT2D eigenvalue weighted by Crippen LogP contribution is 2.45. The van der Waals surface area contributed by atoms with E-state index in [9.17, 15) is 25.8 Å². The summed E-state index contributed by atoms with van der Waals surface area (Å²) in [5.74, 6) is -0.933. The van der Waals surface area contributed by atoms with Gasteiger partial charge in [0.1, 0.15) is 0 Å². The quantitative estimate of drug-likeness (QED) is 0.153. The van der Waals surface area contributed by atoms with Gasteiger partial charge in [0.15, 0.2) is 0 Å². The molecule has 1 aliphatic carbocycles. The second kappa shape index (κ2) is 15.4. The summed E-state index contributed by atoms with van der Waals surface area (Å²) in [6, 6.07) is 55.2. The van der Waals surface area contributed by atoms with Crippen LogP contribution in [0.3, 0.4) is 0 Å². The number of amides is 2. The fourth-order valence-corrected chi connectivity index (χ4v) is 8.89. The highest BCUT2D eigenvalue weighted by Gasteiger charge is 2.42. The first-order valence-corrected chi connectivity index (χ1v) is 20.1. The van der Waals surface area contributed by atoms with E-state index in [1.54, 1.807) is 48.5 Å². The summed E-state index contributed by atoms with van der Waals surface area (Å²) in [5, 5.41) is 40.5. The van der Waals surface area contributed by atoms with E-state index in [2.05, 4.69) is 24.3 Å². The second-order valence-electron chi connectivity index (χ2n) is 15.2. The SMILES string of the molecule is N#Cc1ccc(C2=Cc3c(c4ccc(-c5ccc(C#N)cc5C#N)cc4n3-c3cccc4c3C(=O)N(c3c(-c5ccccc5)cccc3-c3ccccc3)C4=O)CC=C2)c(C#N)c1. The van der Waals surface area contributed by atoms with Gasteiger partial charge in [-0.05, 0) is 93.9 Å². The Balaban J connectivity index is 1.24. The van der Waals surface area contributed by atoms with Crippen LogP contribution in [0, 0.1) is 45.3 Å². The molecule has 10 rings (SSSR count). The van der Waals surface area contributed by atoms with Crippen molar-refractivity contribution in [3.05, 3.63) is 214 Å². The van der Waals surface area contributed by atoms with Crippen LogP contribution in [-0.2, 0) is 6.42 Å². The molecule has 2 amide bonds. The molecule has 0 unspecified atom stereocenters. The van der Waals surface area contributed by atoms with Crippen LogP contribution in [0.4, 0.5) is 5.69 Å². The van der Waals surface area contributed by atoms with Crippen molar-refractivity contribution in [3.8, 4) is 63.3 Å². The number of anilines is 1. The Morgan fingerprint density at radius 1 is 0.508 bits per heavy atom. The first-order chi connectivity index (χ1) is 30.9. The van der Waals surface area contributed by atoms with E-state index < -0.39 is 11.8 Å². The molecule has 1 aliphatic heterocycles. The minimum absolute atomic E-state index is 0.230. The van der Waals surface area contributed by atoms with E-state index >= 15 is 4.79 Å². The number of benzene rings is 7. The monoisotopic (exact) mass is 806 g/mol. The average Bonchev–Trinajstić information content (AvgIpc) is 3.66. The smallest absolute Gasteiger partial charge is 0.268 e. The maximum Gasteiger partial charge on any atom is 0.268 e. The van der Waals surface area contributed by atoms with Crippen LogP contribution >= 0.6 is 0 Å². The van der Waals surface area contributed by atoms with Gasteiger partial charge in [-0.25, -0.2) is 4.90 Å². The van der Waals surface area contributed by atoms with Crippen molar-refractivity contribution >= 4 is 40.1 Å². The average molecular weight is 807 g/mol. The number of hydrogen-bond donors (Lipinski definition) is 0. The van der Waals surface area contributed by atoms with Crippen molar-refractivity contribution in [2.24, 2.45) is 0 Å². The van der Waals surface area contributed by atoms with Gasteiger partial charge in [0.2, 0.25) is 0 Å². The zero-order chi connectivity index (χ0) is 43.2. The first kappa shape index (κ1) is 37.9. The Labute approximate surface area is 362 Å². The summed E-state index contributed by atoms with van der Waals surface area (Å²) < 4.78 is 2.00. The fourth-order valence-electron chi connectivity index (χ4n) is 8.89. The molecule has 7 aromatic carbocycles. The molecule has 2 aliphatic rings. The van der Waals surface area contributed by atoms with Crippen molar-refractivity contribution in [2.75, 3.05) is 4.90 Å². The van der Waals surface area contributed by atoms with Crippen LogP contribution in [0.1, 0.15) is 59.8 Å². The second-order valence-corrected chi connectivity index (χ2v) is 15.2. The van der Waals surface area contributed by atoms with E-state index in [0.29, 0.717) is 51.2 Å². The van der Waals surface area contributed by atoms with Crippen LogP contribution in [0.2, 0.25) is 0 Å². The highest BCUT2D eigenvalue weighted by molar-refractivity contribution is 6.37. The molecule has 0 radical (unpaired) electrons. The Bertz CT molecular complexity index is 3460. The summed E-state index contributed by atoms with van der Waals surface area (Å²) in [5.41, 5.74) is 11.1. The molecular weight excluding hydrogens is 777 g/mol. The number of carbonyl (C=O) groups excluding carboxylic acids is 2. The summed E-state index contributed by atoms with van der Waals surface area (Å²) in [6.45, 7) is 0. The number of fused-ring (bicyclic) bond motifs is 4. The van der Waals surface area contributed by atoms with E-state index in [-0.39, 0.29) is 11.1 Å². The molecule has 8 heteroatoms. The Morgan fingerprint density at radius 3 is 1.75 bits per heavy atom. The molecule has 1 aromatic heterocycles. The third-order valence-electron chi connectivity index (χ3n) is 11.7. The lowest BCUT2D eigenvalue weighted by Crippen LogP contribution is -2.30. The highest BCUT2D eigenvalue weighted by atomic mass is 16.2. The standard InChI is InChI=1S/C55H30N6O2/c56-30-34-20-23-42(40(26-34)32-58)38-14-7-17-46-47-25-22-39(43-24-21-35(31-57)27-41(43)33-59)29-51(47)60(50(46)28-38)49-19-9-18-48-52(49)55(63)61(54(48)62)53-44(36-10-3-1-4-11-36)15-8-16-45(53)37-12-5-2-6-13-37/h1-16,18-29H,17H2. The number of hydrogen-bond acceptors (Lipinski definition) is 6. The molecule has 0 saturated heterocycles. The molecule has 0 spiro atoms. The molecule has 8 nitrogen and oxygen atoms in total. The normalized spacial score (nSPS) is 12.7. The molecular formula is C55H30N6O2. The van der Waals surface area contributed by atoms with E-state index in [1.165, 1.54) is 4.90 Å². The number of imide groups is 1. The summed E-state index contributed by atoms with van der Waals surface area (Å²) in [6.07, 6.45) is 6.47. The van der Waals surface area contributed by atoms with Crippen molar-refractivity contribution in [3.63, 3.8) is 0 Å². The molecule has 0 N–H and O–H groups in total. The number of nitrogens with zero attached hydrogens (tertiary/aromatic N) is 6. The van der Waals surface area contributed by atoms with Gasteiger partial charge in [-0.2, -0.15) is 21.0 Å². The van der Waals surface area contributed by atoms with Crippen molar-refractivity contribution in [2.45, 2.75) is 6.42 Å². The zero-order valence-electron chi connectivity index (χ0n) is 33.4. The topological polar surface area (TPSA) is 137 Å². The Morgan fingerprint density at radius 2 is 1.11 bits per heavy atom. The van der Waals surface area contributed by atoms with Gasteiger partial charge < -0.3 is 4.57 Å². The van der Waals surface area contributed by atoms with Gasteiger partial charge >= 0.3 is 0 Å². The van der Waals surface area contributed by atoms with Crippen LogP contribution < -0.4 is 4.90 Å². The molecule has 0 atom stereocenters. The number of allylic oxidation sites excluding steroid dienone is 3. The van der Waals surface area contributed by atoms with E-state index in [0.717, 1.165) is 55.6 Å². The molecule has 292 valence electrons. The van der Waals surface area contributed by atoms with Crippen molar-refractivity contribution in [1.29, 1.82) is 21.0 Å². The number of aromatic nitrogens is 1. The van der Waals surface area contributed by atoms with Gasteiger partial charge in [-0.15, -0.1) is 0 Å². The predicted molar refractivity (Wildman–Crippen MR) is 243 cm³/mol. The first-order valence-electron chi connectivity index (χ1n) is 20.1. The summed E-state index contributed by atoms with van der Waals surface area (Å²) in [4.78, 5) is 31.8. The maximum atomic E-state index is 15.5.